The van der Waals surface area contributed by atoms with Crippen molar-refractivity contribution >= 4 is 28.4 Å². The quantitative estimate of drug-likeness (QED) is 0.781. The molecule has 1 aromatic carbocycles. The van der Waals surface area contributed by atoms with E-state index in [1.165, 1.54) is 6.07 Å². The largest absolute Gasteiger partial charge is 0.365 e. The lowest BCUT2D eigenvalue weighted by Crippen LogP contribution is -2.44. The Morgan fingerprint density at radius 2 is 2.00 bits per heavy atom. The number of fused-ring (bicyclic) bond motifs is 1. The second kappa shape index (κ2) is 6.11. The van der Waals surface area contributed by atoms with Gasteiger partial charge in [-0.15, -0.1) is 0 Å². The van der Waals surface area contributed by atoms with Crippen molar-refractivity contribution in [1.82, 2.24) is 20.4 Å². The van der Waals surface area contributed by atoms with Gasteiger partial charge in [0.1, 0.15) is 5.82 Å². The van der Waals surface area contributed by atoms with Crippen LogP contribution in [0.3, 0.4) is 0 Å². The van der Waals surface area contributed by atoms with Crippen LogP contribution in [-0.2, 0) is 16.6 Å². The van der Waals surface area contributed by atoms with Crippen LogP contribution in [0.5, 0.6) is 0 Å². The Morgan fingerprint density at radius 1 is 1.24 bits per heavy atom. The number of imide groups is 1. The van der Waals surface area contributed by atoms with E-state index in [1.807, 2.05) is 4.90 Å². The maximum absolute atomic E-state index is 14.6. The number of anilines is 1. The molecule has 1 aromatic heterocycles. The van der Waals surface area contributed by atoms with Gasteiger partial charge in [0.05, 0.1) is 22.8 Å². The fraction of sp³-hybridized carbons (Fsp3) is 0.471. The zero-order chi connectivity index (χ0) is 17.6. The van der Waals surface area contributed by atoms with E-state index >= 15 is 0 Å². The summed E-state index contributed by atoms with van der Waals surface area (Å²) in [4.78, 5) is 25.7. The molecule has 2 fully saturated rings. The molecule has 132 valence electrons. The van der Waals surface area contributed by atoms with Crippen molar-refractivity contribution in [3.8, 4) is 0 Å². The van der Waals surface area contributed by atoms with Gasteiger partial charge in [0, 0.05) is 45.0 Å². The van der Waals surface area contributed by atoms with E-state index in [0.29, 0.717) is 29.7 Å². The minimum absolute atomic E-state index is 0.256. The first-order valence-electron chi connectivity index (χ1n) is 8.50. The van der Waals surface area contributed by atoms with Gasteiger partial charge in [0.25, 0.3) is 0 Å². The van der Waals surface area contributed by atoms with Crippen molar-refractivity contribution in [2.45, 2.75) is 18.8 Å². The number of piperazine rings is 1. The van der Waals surface area contributed by atoms with Crippen molar-refractivity contribution in [1.29, 1.82) is 0 Å². The molecule has 2 saturated heterocycles. The van der Waals surface area contributed by atoms with Crippen molar-refractivity contribution in [3.05, 3.63) is 23.6 Å². The number of carbonyl (C=O) groups excluding carboxylic acids is 2. The topological polar surface area (TPSA) is 79.3 Å². The lowest BCUT2D eigenvalue weighted by Gasteiger charge is -2.30. The van der Waals surface area contributed by atoms with E-state index in [4.69, 9.17) is 0 Å². The molecule has 2 amide bonds. The number of carbonyl (C=O) groups is 2. The van der Waals surface area contributed by atoms with E-state index < -0.39 is 5.92 Å². The van der Waals surface area contributed by atoms with Gasteiger partial charge in [-0.2, -0.15) is 5.10 Å². The van der Waals surface area contributed by atoms with E-state index in [0.717, 1.165) is 31.6 Å². The molecule has 3 heterocycles. The molecule has 0 aliphatic carbocycles. The molecule has 4 rings (SSSR count). The number of rotatable bonds is 2. The van der Waals surface area contributed by atoms with Crippen LogP contribution in [0.4, 0.5) is 10.1 Å². The molecule has 0 radical (unpaired) electrons. The van der Waals surface area contributed by atoms with Gasteiger partial charge >= 0.3 is 0 Å². The molecule has 7 nitrogen and oxygen atoms in total. The van der Waals surface area contributed by atoms with Gasteiger partial charge in [0.15, 0.2) is 0 Å². The number of hydrogen-bond acceptors (Lipinski definition) is 5. The van der Waals surface area contributed by atoms with Crippen LogP contribution in [-0.4, -0.2) is 47.8 Å². The summed E-state index contributed by atoms with van der Waals surface area (Å²) >= 11 is 0. The molecule has 25 heavy (non-hydrogen) atoms. The molecule has 2 aliphatic heterocycles. The van der Waals surface area contributed by atoms with Gasteiger partial charge in [-0.3, -0.25) is 19.6 Å². The molecule has 2 aliphatic rings. The molecule has 0 spiro atoms. The van der Waals surface area contributed by atoms with Gasteiger partial charge < -0.3 is 10.2 Å². The summed E-state index contributed by atoms with van der Waals surface area (Å²) < 4.78 is 16.3. The number of nitrogens with zero attached hydrogens (tertiary/aromatic N) is 3. The number of aryl methyl sites for hydroxylation is 1. The maximum atomic E-state index is 14.6. The summed E-state index contributed by atoms with van der Waals surface area (Å²) in [5, 5.41) is 10.9. The highest BCUT2D eigenvalue weighted by atomic mass is 19.1. The number of aromatic nitrogens is 2. The summed E-state index contributed by atoms with van der Waals surface area (Å²) in [5.74, 6) is -1.35. The zero-order valence-corrected chi connectivity index (χ0v) is 14.0. The van der Waals surface area contributed by atoms with Crippen LogP contribution >= 0.6 is 0 Å². The van der Waals surface area contributed by atoms with Crippen LogP contribution in [0.2, 0.25) is 0 Å². The van der Waals surface area contributed by atoms with Gasteiger partial charge in [-0.05, 0) is 18.6 Å². The fourth-order valence-electron chi connectivity index (χ4n) is 3.76. The number of amides is 2. The van der Waals surface area contributed by atoms with E-state index in [-0.39, 0.29) is 17.6 Å². The molecule has 0 bridgehead atoms. The fourth-order valence-corrected chi connectivity index (χ4v) is 3.76. The third-order valence-corrected chi connectivity index (χ3v) is 4.96. The Hall–Kier alpha value is -2.48. The number of nitrogens with one attached hydrogen (secondary N) is 2. The van der Waals surface area contributed by atoms with E-state index in [1.54, 1.807) is 17.8 Å². The molecule has 1 atom stereocenters. The predicted octanol–water partition coefficient (Wildman–Crippen LogP) is 0.642. The van der Waals surface area contributed by atoms with Crippen LogP contribution < -0.4 is 15.5 Å². The lowest BCUT2D eigenvalue weighted by molar-refractivity contribution is -0.134. The summed E-state index contributed by atoms with van der Waals surface area (Å²) in [5.41, 5.74) is 1.84. The predicted molar refractivity (Wildman–Crippen MR) is 90.9 cm³/mol. The molecule has 2 aromatic rings. The number of halogens is 1. The summed E-state index contributed by atoms with van der Waals surface area (Å²) in [6.45, 7) is 3.03. The lowest BCUT2D eigenvalue weighted by atomic mass is 9.92. The highest BCUT2D eigenvalue weighted by Crippen LogP contribution is 2.36. The minimum Gasteiger partial charge on any atom is -0.365 e. The third-order valence-electron chi connectivity index (χ3n) is 4.96. The van der Waals surface area contributed by atoms with Gasteiger partial charge in [-0.1, -0.05) is 0 Å². The zero-order valence-electron chi connectivity index (χ0n) is 14.0. The van der Waals surface area contributed by atoms with Crippen molar-refractivity contribution in [2.24, 2.45) is 7.05 Å². The van der Waals surface area contributed by atoms with Crippen LogP contribution in [0.15, 0.2) is 12.1 Å². The number of piperidine rings is 1. The Bertz CT molecular complexity index is 856. The molecule has 2 N–H and O–H groups in total. The van der Waals surface area contributed by atoms with Crippen LogP contribution in [0, 0.1) is 5.82 Å². The Balaban J connectivity index is 1.83. The molecular formula is C17H20FN5O2. The molecule has 8 heteroatoms. The Morgan fingerprint density at radius 3 is 2.72 bits per heavy atom. The summed E-state index contributed by atoms with van der Waals surface area (Å²) in [7, 11) is 1.77. The first-order chi connectivity index (χ1) is 12.1. The maximum Gasteiger partial charge on any atom is 0.235 e. The average molecular weight is 345 g/mol. The van der Waals surface area contributed by atoms with Crippen LogP contribution in [0.1, 0.15) is 24.5 Å². The van der Waals surface area contributed by atoms with Gasteiger partial charge in [-0.25, -0.2) is 4.39 Å². The standard InChI is InChI=1S/C17H20FN5O2/c1-22-15-10(14(21-22)11-3-5-13(24)20-17(11)25)2-4-12(18)16(15)23-8-6-19-7-9-23/h2,4,11,19H,3,5-9H2,1H3,(H,20,24,25). The number of benzene rings is 1. The second-order valence-electron chi connectivity index (χ2n) is 6.54. The smallest absolute Gasteiger partial charge is 0.235 e. The second-order valence-corrected chi connectivity index (χ2v) is 6.54. The van der Waals surface area contributed by atoms with Crippen molar-refractivity contribution in [2.75, 3.05) is 31.1 Å². The highest BCUT2D eigenvalue weighted by molar-refractivity contribution is 6.03. The molecular weight excluding hydrogens is 325 g/mol. The summed E-state index contributed by atoms with van der Waals surface area (Å²) in [6.07, 6.45) is 0.720. The minimum atomic E-state index is -0.484. The highest BCUT2D eigenvalue weighted by Gasteiger charge is 2.33. The normalized spacial score (nSPS) is 21.7. The monoisotopic (exact) mass is 345 g/mol. The van der Waals surface area contributed by atoms with Crippen molar-refractivity contribution in [3.63, 3.8) is 0 Å². The van der Waals surface area contributed by atoms with Gasteiger partial charge in [0.2, 0.25) is 11.8 Å². The molecule has 1 unspecified atom stereocenters. The Kier molecular flexibility index (Phi) is 3.91. The van der Waals surface area contributed by atoms with E-state index in [9.17, 15) is 14.0 Å². The number of hydrogen-bond donors (Lipinski definition) is 2. The Labute approximate surface area is 144 Å². The van der Waals surface area contributed by atoms with E-state index in [2.05, 4.69) is 15.7 Å². The summed E-state index contributed by atoms with van der Waals surface area (Å²) in [6, 6.07) is 3.12. The first kappa shape index (κ1) is 16.0. The van der Waals surface area contributed by atoms with Crippen molar-refractivity contribution < 1.29 is 14.0 Å². The van der Waals surface area contributed by atoms with Crippen LogP contribution in [0.25, 0.3) is 10.9 Å². The first-order valence-corrected chi connectivity index (χ1v) is 8.50. The molecule has 0 saturated carbocycles. The SMILES string of the molecule is Cn1nc(C2CCC(=O)NC2=O)c2ccc(F)c(N3CCNCC3)c21. The average Bonchev–Trinajstić information content (AvgIpc) is 2.92. The third kappa shape index (κ3) is 2.66.